The van der Waals surface area contributed by atoms with Gasteiger partial charge in [0.1, 0.15) is 0 Å². The van der Waals surface area contributed by atoms with Gasteiger partial charge in [0.2, 0.25) is 0 Å². The molecule has 0 spiro atoms. The summed E-state index contributed by atoms with van der Waals surface area (Å²) in [5.74, 6) is 1.76. The Kier molecular flexibility index (Phi) is 3.19. The molecular formula is C15H16BrF3. The van der Waals surface area contributed by atoms with Crippen molar-refractivity contribution in [1.29, 1.82) is 0 Å². The highest BCUT2D eigenvalue weighted by Crippen LogP contribution is 2.61. The molecule has 0 saturated heterocycles. The SMILES string of the molecule is FC(F)(F)c1ccc(CC2(CBr)CC3CC3C2)cc1. The lowest BCUT2D eigenvalue weighted by Crippen LogP contribution is -2.23. The first kappa shape index (κ1) is 13.5. The third-order valence-corrected chi connectivity index (χ3v) is 5.79. The van der Waals surface area contributed by atoms with Crippen molar-refractivity contribution in [2.24, 2.45) is 17.3 Å². The normalized spacial score (nSPS) is 33.3. The fourth-order valence-corrected chi connectivity index (χ4v) is 4.21. The van der Waals surface area contributed by atoms with Gasteiger partial charge in [-0.1, -0.05) is 28.1 Å². The number of alkyl halides is 4. The number of fused-ring (bicyclic) bond motifs is 1. The Balaban J connectivity index is 1.73. The Labute approximate surface area is 119 Å². The van der Waals surface area contributed by atoms with Gasteiger partial charge in [0.05, 0.1) is 5.56 Å². The quantitative estimate of drug-likeness (QED) is 0.679. The lowest BCUT2D eigenvalue weighted by molar-refractivity contribution is -0.137. The van der Waals surface area contributed by atoms with Crippen LogP contribution in [-0.2, 0) is 12.6 Å². The second kappa shape index (κ2) is 4.51. The number of halogens is 4. The van der Waals surface area contributed by atoms with Crippen LogP contribution in [0.2, 0.25) is 0 Å². The topological polar surface area (TPSA) is 0 Å². The molecule has 2 fully saturated rings. The third-order valence-electron chi connectivity index (χ3n) is 4.60. The molecule has 1 aromatic rings. The summed E-state index contributed by atoms with van der Waals surface area (Å²) in [5.41, 5.74) is 0.736. The predicted octanol–water partition coefficient (Wildman–Crippen LogP) is 5.06. The van der Waals surface area contributed by atoms with Crippen molar-refractivity contribution in [3.05, 3.63) is 35.4 Å². The maximum atomic E-state index is 12.5. The van der Waals surface area contributed by atoms with Crippen LogP contribution in [0.4, 0.5) is 13.2 Å². The van der Waals surface area contributed by atoms with E-state index >= 15 is 0 Å². The first-order valence-corrected chi connectivity index (χ1v) is 7.76. The Morgan fingerprint density at radius 2 is 1.68 bits per heavy atom. The van der Waals surface area contributed by atoms with E-state index in [0.29, 0.717) is 0 Å². The van der Waals surface area contributed by atoms with E-state index in [1.165, 1.54) is 31.4 Å². The van der Waals surface area contributed by atoms with E-state index < -0.39 is 11.7 Å². The molecule has 2 atom stereocenters. The van der Waals surface area contributed by atoms with Crippen LogP contribution in [0.1, 0.15) is 30.4 Å². The van der Waals surface area contributed by atoms with Gasteiger partial charge in [-0.05, 0) is 60.6 Å². The number of benzene rings is 1. The van der Waals surface area contributed by atoms with E-state index in [2.05, 4.69) is 15.9 Å². The molecule has 3 rings (SSSR count). The van der Waals surface area contributed by atoms with Crippen LogP contribution in [0, 0.1) is 17.3 Å². The molecule has 0 heterocycles. The van der Waals surface area contributed by atoms with E-state index in [9.17, 15) is 13.2 Å². The zero-order chi connectivity index (χ0) is 13.7. The summed E-state index contributed by atoms with van der Waals surface area (Å²) in [6, 6.07) is 5.67. The van der Waals surface area contributed by atoms with Crippen molar-refractivity contribution in [3.63, 3.8) is 0 Å². The highest BCUT2D eigenvalue weighted by atomic mass is 79.9. The van der Waals surface area contributed by atoms with Crippen LogP contribution in [0.3, 0.4) is 0 Å². The highest BCUT2D eigenvalue weighted by Gasteiger charge is 2.52. The average molecular weight is 333 g/mol. The molecule has 0 amide bonds. The monoisotopic (exact) mass is 332 g/mol. The van der Waals surface area contributed by atoms with Gasteiger partial charge in [0, 0.05) is 5.33 Å². The summed E-state index contributed by atoms with van der Waals surface area (Å²) in [4.78, 5) is 0. The molecule has 0 nitrogen and oxygen atoms in total. The molecule has 104 valence electrons. The largest absolute Gasteiger partial charge is 0.416 e. The van der Waals surface area contributed by atoms with E-state index in [1.807, 2.05) is 0 Å². The number of hydrogen-bond donors (Lipinski definition) is 0. The minimum absolute atomic E-state index is 0.271. The van der Waals surface area contributed by atoms with Crippen molar-refractivity contribution in [3.8, 4) is 0 Å². The zero-order valence-corrected chi connectivity index (χ0v) is 12.1. The van der Waals surface area contributed by atoms with Crippen molar-refractivity contribution in [2.75, 3.05) is 5.33 Å². The van der Waals surface area contributed by atoms with Crippen LogP contribution >= 0.6 is 15.9 Å². The van der Waals surface area contributed by atoms with Gasteiger partial charge in [-0.15, -0.1) is 0 Å². The molecule has 0 aliphatic heterocycles. The second-order valence-corrected chi connectivity index (χ2v) is 6.73. The van der Waals surface area contributed by atoms with Crippen LogP contribution in [0.25, 0.3) is 0 Å². The molecule has 0 bridgehead atoms. The van der Waals surface area contributed by atoms with E-state index in [1.54, 1.807) is 12.1 Å². The van der Waals surface area contributed by atoms with Crippen LogP contribution < -0.4 is 0 Å². The molecule has 19 heavy (non-hydrogen) atoms. The molecule has 2 aliphatic carbocycles. The Morgan fingerprint density at radius 3 is 2.16 bits per heavy atom. The molecule has 2 unspecified atom stereocenters. The summed E-state index contributed by atoms with van der Waals surface area (Å²) in [7, 11) is 0. The van der Waals surface area contributed by atoms with Crippen LogP contribution in [0.15, 0.2) is 24.3 Å². The second-order valence-electron chi connectivity index (χ2n) is 6.17. The molecule has 0 radical (unpaired) electrons. The molecular weight excluding hydrogens is 317 g/mol. The molecule has 2 saturated carbocycles. The third kappa shape index (κ3) is 2.69. The van der Waals surface area contributed by atoms with Crippen LogP contribution in [-0.4, -0.2) is 5.33 Å². The maximum Gasteiger partial charge on any atom is 0.416 e. The Hall–Kier alpha value is -0.510. The summed E-state index contributed by atoms with van der Waals surface area (Å²) in [5, 5.41) is 0.952. The van der Waals surface area contributed by atoms with Crippen LogP contribution in [0.5, 0.6) is 0 Å². The average Bonchev–Trinajstić information content (AvgIpc) is 2.97. The van der Waals surface area contributed by atoms with Gasteiger partial charge in [-0.25, -0.2) is 0 Å². The Morgan fingerprint density at radius 1 is 1.11 bits per heavy atom. The Bertz CT molecular complexity index is 453. The fourth-order valence-electron chi connectivity index (χ4n) is 3.55. The van der Waals surface area contributed by atoms with Crippen molar-refractivity contribution >= 4 is 15.9 Å². The number of rotatable bonds is 3. The minimum Gasteiger partial charge on any atom is -0.166 e. The molecule has 4 heteroatoms. The van der Waals surface area contributed by atoms with Gasteiger partial charge in [0.15, 0.2) is 0 Å². The highest BCUT2D eigenvalue weighted by molar-refractivity contribution is 9.09. The van der Waals surface area contributed by atoms with E-state index in [-0.39, 0.29) is 5.41 Å². The molecule has 0 aromatic heterocycles. The molecule has 2 aliphatic rings. The van der Waals surface area contributed by atoms with Gasteiger partial charge in [0.25, 0.3) is 0 Å². The fraction of sp³-hybridized carbons (Fsp3) is 0.600. The summed E-state index contributed by atoms with van der Waals surface area (Å²) >= 11 is 3.61. The van der Waals surface area contributed by atoms with Gasteiger partial charge in [-0.2, -0.15) is 13.2 Å². The van der Waals surface area contributed by atoms with E-state index in [0.717, 1.165) is 29.2 Å². The lowest BCUT2D eigenvalue weighted by Gasteiger charge is -2.29. The predicted molar refractivity (Wildman–Crippen MR) is 72.2 cm³/mol. The number of hydrogen-bond acceptors (Lipinski definition) is 0. The lowest BCUT2D eigenvalue weighted by atomic mass is 9.79. The summed E-state index contributed by atoms with van der Waals surface area (Å²) < 4.78 is 37.5. The van der Waals surface area contributed by atoms with Gasteiger partial charge >= 0.3 is 6.18 Å². The molecule has 1 aromatic carbocycles. The first-order valence-electron chi connectivity index (χ1n) is 6.64. The summed E-state index contributed by atoms with van der Waals surface area (Å²) in [6.07, 6.45) is 0.472. The smallest absolute Gasteiger partial charge is 0.166 e. The van der Waals surface area contributed by atoms with Crippen molar-refractivity contribution in [2.45, 2.75) is 31.9 Å². The zero-order valence-electron chi connectivity index (χ0n) is 10.5. The first-order chi connectivity index (χ1) is 8.92. The maximum absolute atomic E-state index is 12.5. The molecule has 0 N–H and O–H groups in total. The summed E-state index contributed by atoms with van der Waals surface area (Å²) in [6.45, 7) is 0. The van der Waals surface area contributed by atoms with Crippen molar-refractivity contribution < 1.29 is 13.2 Å². The standard InChI is InChI=1S/C15H16BrF3/c16-9-14(7-11-5-12(11)8-14)6-10-1-3-13(4-2-10)15(17,18)19/h1-4,11-12H,5-9H2. The van der Waals surface area contributed by atoms with Crippen molar-refractivity contribution in [1.82, 2.24) is 0 Å². The van der Waals surface area contributed by atoms with Gasteiger partial charge < -0.3 is 0 Å². The minimum atomic E-state index is -4.24. The van der Waals surface area contributed by atoms with E-state index in [4.69, 9.17) is 0 Å². The van der Waals surface area contributed by atoms with Gasteiger partial charge in [-0.3, -0.25) is 0 Å².